The van der Waals surface area contributed by atoms with Crippen LogP contribution in [0.25, 0.3) is 0 Å². The third-order valence-corrected chi connectivity index (χ3v) is 3.87. The van der Waals surface area contributed by atoms with E-state index in [4.69, 9.17) is 11.1 Å². The average molecular weight is 353 g/mol. The lowest BCUT2D eigenvalue weighted by molar-refractivity contribution is 0.640. The number of benzene rings is 1. The number of rotatable bonds is 5. The van der Waals surface area contributed by atoms with Gasteiger partial charge in [-0.1, -0.05) is 53.8 Å². The highest BCUT2D eigenvalue weighted by Crippen LogP contribution is 2.31. The molecule has 0 aliphatic carbocycles. The summed E-state index contributed by atoms with van der Waals surface area (Å²) in [6.07, 6.45) is 2.51. The second kappa shape index (κ2) is 7.17. The highest BCUT2D eigenvalue weighted by molar-refractivity contribution is 14.1. The van der Waals surface area contributed by atoms with Crippen LogP contribution in [0.5, 0.6) is 0 Å². The van der Waals surface area contributed by atoms with Crippen LogP contribution < -0.4 is 5.73 Å². The van der Waals surface area contributed by atoms with Gasteiger partial charge in [0.25, 0.3) is 0 Å². The molecular formula is C14H16IN3. The van der Waals surface area contributed by atoms with Gasteiger partial charge in [0, 0.05) is 22.1 Å². The van der Waals surface area contributed by atoms with Gasteiger partial charge in [-0.05, 0) is 17.3 Å². The number of allylic oxidation sites excluding steroid dienone is 1. The molecule has 4 heteroatoms. The summed E-state index contributed by atoms with van der Waals surface area (Å²) < 4.78 is 0.905. The van der Waals surface area contributed by atoms with Crippen molar-refractivity contribution in [3.8, 4) is 6.07 Å². The fourth-order valence-corrected chi connectivity index (χ4v) is 2.69. The summed E-state index contributed by atoms with van der Waals surface area (Å²) in [7, 11) is 0. The monoisotopic (exact) mass is 353 g/mol. The minimum atomic E-state index is -0.378. The van der Waals surface area contributed by atoms with Crippen LogP contribution in [-0.4, -0.2) is 6.21 Å². The lowest BCUT2D eigenvalue weighted by Crippen LogP contribution is -2.14. The van der Waals surface area contributed by atoms with Crippen molar-refractivity contribution in [2.75, 3.05) is 0 Å². The summed E-state index contributed by atoms with van der Waals surface area (Å²) in [5, 5.41) is 16.6. The van der Waals surface area contributed by atoms with E-state index in [0.29, 0.717) is 5.57 Å². The van der Waals surface area contributed by atoms with Gasteiger partial charge in [-0.3, -0.25) is 0 Å². The molecule has 0 amide bonds. The van der Waals surface area contributed by atoms with Gasteiger partial charge in [-0.25, -0.2) is 0 Å². The zero-order valence-electron chi connectivity index (χ0n) is 10.2. The Hall–Kier alpha value is -1.35. The Morgan fingerprint density at radius 2 is 2.22 bits per heavy atom. The molecule has 1 aromatic rings. The molecule has 0 spiro atoms. The summed E-state index contributed by atoms with van der Waals surface area (Å²) in [6.45, 7) is 2.01. The summed E-state index contributed by atoms with van der Waals surface area (Å²) in [4.78, 5) is 0. The van der Waals surface area contributed by atoms with Crippen LogP contribution in [0.4, 0.5) is 0 Å². The van der Waals surface area contributed by atoms with E-state index in [1.54, 1.807) is 0 Å². The van der Waals surface area contributed by atoms with Crippen LogP contribution in [0.15, 0.2) is 36.0 Å². The van der Waals surface area contributed by atoms with Crippen molar-refractivity contribution in [2.45, 2.75) is 17.3 Å². The fourth-order valence-electron chi connectivity index (χ4n) is 2.00. The highest BCUT2D eigenvalue weighted by atomic mass is 127. The number of hydrogen-bond donors (Lipinski definition) is 2. The number of nitrogens with two attached hydrogens (primary N) is 1. The summed E-state index contributed by atoms with van der Waals surface area (Å²) in [6, 6.07) is 10.3. The molecule has 18 heavy (non-hydrogen) atoms. The van der Waals surface area contributed by atoms with E-state index in [-0.39, 0.29) is 11.8 Å². The van der Waals surface area contributed by atoms with E-state index < -0.39 is 0 Å². The molecule has 0 aromatic heterocycles. The minimum Gasteiger partial charge on any atom is -0.404 e. The summed E-state index contributed by atoms with van der Waals surface area (Å²) in [5.74, 6) is -0.353. The predicted octanol–water partition coefficient (Wildman–Crippen LogP) is 3.36. The van der Waals surface area contributed by atoms with Crippen molar-refractivity contribution < 1.29 is 0 Å². The molecule has 94 valence electrons. The molecule has 0 heterocycles. The molecule has 0 bridgehead atoms. The first kappa shape index (κ1) is 14.7. The standard InChI is InChI=1S/C14H16IN3/c1-10(14(9-18)12(7-16)8-17)13-5-3-2-4-11(13)6-15/h2-5,7-8,10,14,16H,6,17H2,1H3/b12-8+,16-7?/t10-,14?/m0/s1. The molecule has 3 nitrogen and oxygen atoms in total. The van der Waals surface area contributed by atoms with E-state index in [1.165, 1.54) is 11.8 Å². The number of nitriles is 1. The third kappa shape index (κ3) is 3.10. The first-order chi connectivity index (χ1) is 8.69. The number of alkyl halides is 1. The molecule has 0 radical (unpaired) electrons. The zero-order chi connectivity index (χ0) is 13.5. The second-order valence-corrected chi connectivity index (χ2v) is 4.80. The van der Waals surface area contributed by atoms with Crippen LogP contribution >= 0.6 is 22.6 Å². The van der Waals surface area contributed by atoms with Crippen LogP contribution in [0.3, 0.4) is 0 Å². The zero-order valence-corrected chi connectivity index (χ0v) is 12.4. The Labute approximate surface area is 121 Å². The molecule has 0 fully saturated rings. The maximum absolute atomic E-state index is 9.30. The Balaban J connectivity index is 3.16. The Morgan fingerprint density at radius 1 is 1.56 bits per heavy atom. The highest BCUT2D eigenvalue weighted by Gasteiger charge is 2.23. The van der Waals surface area contributed by atoms with E-state index in [9.17, 15) is 5.26 Å². The van der Waals surface area contributed by atoms with E-state index in [1.807, 2.05) is 25.1 Å². The normalized spacial score (nSPS) is 14.6. The van der Waals surface area contributed by atoms with Crippen molar-refractivity contribution in [3.05, 3.63) is 47.2 Å². The van der Waals surface area contributed by atoms with Crippen molar-refractivity contribution in [1.82, 2.24) is 0 Å². The molecule has 0 saturated carbocycles. The van der Waals surface area contributed by atoms with Crippen LogP contribution in [0.2, 0.25) is 0 Å². The Kier molecular flexibility index (Phi) is 5.86. The SMILES string of the molecule is C[C@@H](c1ccccc1CI)C(C#N)/C(C=N)=C/N. The maximum Gasteiger partial charge on any atom is 0.0807 e. The maximum atomic E-state index is 9.30. The largest absolute Gasteiger partial charge is 0.404 e. The quantitative estimate of drug-likeness (QED) is 0.484. The smallest absolute Gasteiger partial charge is 0.0807 e. The Bertz CT molecular complexity index is 488. The molecule has 1 rings (SSSR count). The average Bonchev–Trinajstić information content (AvgIpc) is 2.43. The topological polar surface area (TPSA) is 73.7 Å². The molecule has 0 aliphatic rings. The van der Waals surface area contributed by atoms with Crippen LogP contribution in [0.1, 0.15) is 24.0 Å². The predicted molar refractivity (Wildman–Crippen MR) is 82.7 cm³/mol. The molecule has 1 unspecified atom stereocenters. The third-order valence-electron chi connectivity index (χ3n) is 3.05. The molecule has 0 saturated heterocycles. The van der Waals surface area contributed by atoms with Gasteiger partial charge in [-0.2, -0.15) is 5.26 Å². The molecular weight excluding hydrogens is 337 g/mol. The van der Waals surface area contributed by atoms with E-state index in [2.05, 4.69) is 34.7 Å². The molecule has 0 aliphatic heterocycles. The molecule has 3 N–H and O–H groups in total. The van der Waals surface area contributed by atoms with Gasteiger partial charge in [-0.15, -0.1) is 0 Å². The van der Waals surface area contributed by atoms with Gasteiger partial charge in [0.2, 0.25) is 0 Å². The van der Waals surface area contributed by atoms with Crippen LogP contribution in [0, 0.1) is 22.7 Å². The second-order valence-electron chi connectivity index (χ2n) is 4.04. The van der Waals surface area contributed by atoms with E-state index in [0.717, 1.165) is 16.2 Å². The number of nitrogens with one attached hydrogen (secondary N) is 1. The van der Waals surface area contributed by atoms with Crippen molar-refractivity contribution in [1.29, 1.82) is 10.7 Å². The van der Waals surface area contributed by atoms with Crippen molar-refractivity contribution in [3.63, 3.8) is 0 Å². The lowest BCUT2D eigenvalue weighted by atomic mass is 9.82. The van der Waals surface area contributed by atoms with Gasteiger partial charge in [0.15, 0.2) is 0 Å². The lowest BCUT2D eigenvalue weighted by Gasteiger charge is -2.20. The minimum absolute atomic E-state index is 0.0253. The fraction of sp³-hybridized carbons (Fsp3) is 0.286. The summed E-state index contributed by atoms with van der Waals surface area (Å²) >= 11 is 2.32. The number of halogens is 1. The molecule has 1 aromatic carbocycles. The number of hydrogen-bond acceptors (Lipinski definition) is 3. The van der Waals surface area contributed by atoms with Crippen molar-refractivity contribution >= 4 is 28.8 Å². The summed E-state index contributed by atoms with van der Waals surface area (Å²) in [5.41, 5.74) is 8.42. The Morgan fingerprint density at radius 3 is 2.72 bits per heavy atom. The first-order valence-corrected chi connectivity index (χ1v) is 7.17. The molecule has 2 atom stereocenters. The van der Waals surface area contributed by atoms with Gasteiger partial charge in [0.1, 0.15) is 0 Å². The van der Waals surface area contributed by atoms with Gasteiger partial charge >= 0.3 is 0 Å². The van der Waals surface area contributed by atoms with Gasteiger partial charge in [0.05, 0.1) is 12.0 Å². The van der Waals surface area contributed by atoms with Gasteiger partial charge < -0.3 is 11.1 Å². The van der Waals surface area contributed by atoms with Crippen LogP contribution in [-0.2, 0) is 4.43 Å². The van der Waals surface area contributed by atoms with E-state index >= 15 is 0 Å². The first-order valence-electron chi connectivity index (χ1n) is 5.65. The van der Waals surface area contributed by atoms with Crippen molar-refractivity contribution in [2.24, 2.45) is 11.7 Å². The number of nitrogens with zero attached hydrogens (tertiary/aromatic N) is 1.